The van der Waals surface area contributed by atoms with Gasteiger partial charge >= 0.3 is 0 Å². The summed E-state index contributed by atoms with van der Waals surface area (Å²) in [5, 5.41) is 0.548. The van der Waals surface area contributed by atoms with Gasteiger partial charge in [-0.1, -0.05) is 17.7 Å². The fourth-order valence-corrected chi connectivity index (χ4v) is 1.97. The lowest BCUT2D eigenvalue weighted by atomic mass is 10.1. The van der Waals surface area contributed by atoms with Gasteiger partial charge in [0.1, 0.15) is 5.75 Å². The number of ether oxygens (including phenoxy) is 3. The quantitative estimate of drug-likeness (QED) is 0.436. The third-order valence-corrected chi connectivity index (χ3v) is 2.96. The highest BCUT2D eigenvalue weighted by Crippen LogP contribution is 2.29. The number of benzene rings is 1. The first-order valence-electron chi connectivity index (χ1n) is 6.20. The summed E-state index contributed by atoms with van der Waals surface area (Å²) in [6, 6.07) is 5.14. The molecule has 0 saturated carbocycles. The van der Waals surface area contributed by atoms with E-state index in [4.69, 9.17) is 31.7 Å². The Morgan fingerprint density at radius 1 is 1.26 bits per heavy atom. The average Bonchev–Trinajstić information content (AvgIpc) is 2.42. The Labute approximate surface area is 118 Å². The van der Waals surface area contributed by atoms with E-state index in [9.17, 15) is 0 Å². The number of methoxy groups -OCH3 is 1. The maximum atomic E-state index is 6.01. The van der Waals surface area contributed by atoms with Crippen LogP contribution in [0, 0.1) is 0 Å². The van der Waals surface area contributed by atoms with E-state index in [1.54, 1.807) is 13.2 Å². The Morgan fingerprint density at radius 2 is 1.89 bits per heavy atom. The van der Waals surface area contributed by atoms with Gasteiger partial charge in [-0.05, 0) is 31.5 Å². The molecule has 0 spiro atoms. The summed E-state index contributed by atoms with van der Waals surface area (Å²) in [7, 11) is 1.57. The number of hydrogen-bond donors (Lipinski definition) is 2. The predicted octanol–water partition coefficient (Wildman–Crippen LogP) is 2.25. The predicted molar refractivity (Wildman–Crippen MR) is 75.1 cm³/mol. The van der Waals surface area contributed by atoms with Crippen molar-refractivity contribution in [3.63, 3.8) is 0 Å². The fraction of sp³-hybridized carbons (Fsp3) is 0.538. The van der Waals surface area contributed by atoms with Gasteiger partial charge in [-0.15, -0.1) is 0 Å². The highest BCUT2D eigenvalue weighted by molar-refractivity contribution is 6.32. The fourth-order valence-electron chi connectivity index (χ4n) is 1.77. The van der Waals surface area contributed by atoms with Gasteiger partial charge in [-0.3, -0.25) is 5.84 Å². The monoisotopic (exact) mass is 288 g/mol. The van der Waals surface area contributed by atoms with Crippen molar-refractivity contribution in [2.24, 2.45) is 5.84 Å². The smallest absolute Gasteiger partial charge is 0.178 e. The van der Waals surface area contributed by atoms with Gasteiger partial charge in [0.15, 0.2) is 6.29 Å². The van der Waals surface area contributed by atoms with Crippen molar-refractivity contribution in [1.82, 2.24) is 5.43 Å². The summed E-state index contributed by atoms with van der Waals surface area (Å²) in [4.78, 5) is 0. The van der Waals surface area contributed by atoms with Gasteiger partial charge in [0.05, 0.1) is 18.2 Å². The number of halogens is 1. The molecule has 0 aromatic heterocycles. The topological polar surface area (TPSA) is 65.7 Å². The van der Waals surface area contributed by atoms with Crippen LogP contribution in [-0.2, 0) is 9.47 Å². The molecule has 19 heavy (non-hydrogen) atoms. The van der Waals surface area contributed by atoms with Crippen LogP contribution in [0.1, 0.15) is 25.5 Å². The molecule has 108 valence electrons. The van der Waals surface area contributed by atoms with Crippen LogP contribution in [0.4, 0.5) is 0 Å². The molecule has 0 radical (unpaired) electrons. The minimum Gasteiger partial charge on any atom is -0.495 e. The van der Waals surface area contributed by atoms with Crippen LogP contribution in [0.3, 0.4) is 0 Å². The van der Waals surface area contributed by atoms with Gasteiger partial charge in [0.25, 0.3) is 0 Å². The van der Waals surface area contributed by atoms with Gasteiger partial charge in [0, 0.05) is 13.2 Å². The standard InChI is InChI=1S/C13H21ClN2O3/c1-4-18-13(19-5-2)12(16-15)9-6-7-10(14)11(8-9)17-3/h6-8,12-13,16H,4-5,15H2,1-3H3. The second-order valence-corrected chi connectivity index (χ2v) is 4.22. The first kappa shape index (κ1) is 16.2. The maximum absolute atomic E-state index is 6.01. The number of nitrogens with two attached hydrogens (primary N) is 1. The molecule has 0 amide bonds. The molecule has 1 atom stereocenters. The van der Waals surface area contributed by atoms with Crippen LogP contribution in [0.15, 0.2) is 18.2 Å². The van der Waals surface area contributed by atoms with E-state index in [0.717, 1.165) is 5.56 Å². The summed E-state index contributed by atoms with van der Waals surface area (Å²) in [5.74, 6) is 6.20. The zero-order valence-corrected chi connectivity index (χ0v) is 12.2. The molecular formula is C13H21ClN2O3. The normalized spacial score (nSPS) is 12.7. The van der Waals surface area contributed by atoms with Crippen LogP contribution in [0.25, 0.3) is 0 Å². The van der Waals surface area contributed by atoms with Crippen LogP contribution in [0.5, 0.6) is 5.75 Å². The molecule has 0 bridgehead atoms. The molecule has 0 aliphatic heterocycles. The molecule has 1 unspecified atom stereocenters. The lowest BCUT2D eigenvalue weighted by Gasteiger charge is -2.26. The van der Waals surface area contributed by atoms with Crippen molar-refractivity contribution in [2.75, 3.05) is 20.3 Å². The van der Waals surface area contributed by atoms with Crippen molar-refractivity contribution >= 4 is 11.6 Å². The molecule has 6 heteroatoms. The Bertz CT molecular complexity index is 384. The number of hydrazine groups is 1. The van der Waals surface area contributed by atoms with E-state index < -0.39 is 6.29 Å². The Balaban J connectivity index is 2.99. The van der Waals surface area contributed by atoms with E-state index in [0.29, 0.717) is 24.0 Å². The Hall–Kier alpha value is -0.850. The minimum atomic E-state index is -0.467. The maximum Gasteiger partial charge on any atom is 0.178 e. The van der Waals surface area contributed by atoms with E-state index in [1.165, 1.54) is 0 Å². The molecule has 0 aliphatic carbocycles. The van der Waals surface area contributed by atoms with Gasteiger partial charge < -0.3 is 14.2 Å². The highest BCUT2D eigenvalue weighted by atomic mass is 35.5. The second kappa shape index (κ2) is 8.35. The van der Waals surface area contributed by atoms with Crippen molar-refractivity contribution < 1.29 is 14.2 Å². The third kappa shape index (κ3) is 4.33. The second-order valence-electron chi connectivity index (χ2n) is 3.82. The van der Waals surface area contributed by atoms with E-state index in [2.05, 4.69) is 5.43 Å². The zero-order valence-electron chi connectivity index (χ0n) is 11.5. The van der Waals surface area contributed by atoms with Crippen molar-refractivity contribution in [2.45, 2.75) is 26.2 Å². The molecular weight excluding hydrogens is 268 g/mol. The number of nitrogens with one attached hydrogen (secondary N) is 1. The Kier molecular flexibility index (Phi) is 7.12. The number of rotatable bonds is 8. The first-order valence-corrected chi connectivity index (χ1v) is 6.58. The average molecular weight is 289 g/mol. The number of hydrogen-bond acceptors (Lipinski definition) is 5. The molecule has 5 nitrogen and oxygen atoms in total. The van der Waals surface area contributed by atoms with Gasteiger partial charge in [-0.2, -0.15) is 0 Å². The van der Waals surface area contributed by atoms with E-state index in [-0.39, 0.29) is 6.04 Å². The summed E-state index contributed by atoms with van der Waals surface area (Å²) >= 11 is 6.01. The zero-order chi connectivity index (χ0) is 14.3. The largest absolute Gasteiger partial charge is 0.495 e. The van der Waals surface area contributed by atoms with Crippen molar-refractivity contribution in [1.29, 1.82) is 0 Å². The van der Waals surface area contributed by atoms with E-state index >= 15 is 0 Å². The van der Waals surface area contributed by atoms with E-state index in [1.807, 2.05) is 26.0 Å². The summed E-state index contributed by atoms with van der Waals surface area (Å²) in [5.41, 5.74) is 3.60. The van der Waals surface area contributed by atoms with Crippen LogP contribution in [-0.4, -0.2) is 26.6 Å². The SMILES string of the molecule is CCOC(OCC)C(NN)c1ccc(Cl)c(OC)c1. The molecule has 0 saturated heterocycles. The highest BCUT2D eigenvalue weighted by Gasteiger charge is 2.23. The third-order valence-electron chi connectivity index (χ3n) is 2.65. The van der Waals surface area contributed by atoms with Gasteiger partial charge in [-0.25, -0.2) is 5.43 Å². The van der Waals surface area contributed by atoms with Crippen LogP contribution in [0.2, 0.25) is 5.02 Å². The van der Waals surface area contributed by atoms with Crippen LogP contribution >= 0.6 is 11.6 Å². The van der Waals surface area contributed by atoms with Crippen LogP contribution < -0.4 is 16.0 Å². The molecule has 1 aromatic carbocycles. The molecule has 3 N–H and O–H groups in total. The van der Waals surface area contributed by atoms with Crippen molar-refractivity contribution in [3.05, 3.63) is 28.8 Å². The molecule has 0 heterocycles. The van der Waals surface area contributed by atoms with Crippen molar-refractivity contribution in [3.8, 4) is 5.75 Å². The summed E-state index contributed by atoms with van der Waals surface area (Å²) in [6.07, 6.45) is -0.467. The Morgan fingerprint density at radius 3 is 2.37 bits per heavy atom. The summed E-state index contributed by atoms with van der Waals surface area (Å²) in [6.45, 7) is 4.88. The molecule has 0 aliphatic rings. The minimum absolute atomic E-state index is 0.300. The molecule has 1 rings (SSSR count). The lowest BCUT2D eigenvalue weighted by molar-refractivity contribution is -0.155. The molecule has 1 aromatic rings. The lowest BCUT2D eigenvalue weighted by Crippen LogP contribution is -2.39. The first-order chi connectivity index (χ1) is 9.17. The summed E-state index contributed by atoms with van der Waals surface area (Å²) < 4.78 is 16.3. The van der Waals surface area contributed by atoms with Gasteiger partial charge in [0.2, 0.25) is 0 Å². The molecule has 0 fully saturated rings.